The maximum Gasteiger partial charge on any atom is 0.338 e. The first kappa shape index (κ1) is 20.2. The normalized spacial score (nSPS) is 10.8. The van der Waals surface area contributed by atoms with Crippen LogP contribution in [-0.2, 0) is 14.3 Å². The van der Waals surface area contributed by atoms with E-state index in [-0.39, 0.29) is 5.91 Å². The largest absolute Gasteiger partial charge is 0.465 e. The first-order chi connectivity index (χ1) is 14.0. The molecule has 0 saturated heterocycles. The maximum atomic E-state index is 12.2. The smallest absolute Gasteiger partial charge is 0.338 e. The van der Waals surface area contributed by atoms with Crippen molar-refractivity contribution in [3.05, 3.63) is 65.2 Å². The number of nitrogens with zero attached hydrogens (tertiary/aromatic N) is 1. The van der Waals surface area contributed by atoms with Gasteiger partial charge in [0.1, 0.15) is 0 Å². The molecule has 0 aliphatic heterocycles. The topological polar surface area (TPSA) is 94.6 Å². The van der Waals surface area contributed by atoms with Crippen molar-refractivity contribution >= 4 is 50.6 Å². The van der Waals surface area contributed by atoms with Crippen LogP contribution in [0.4, 0.5) is 5.13 Å². The van der Waals surface area contributed by atoms with Crippen LogP contribution in [0.5, 0.6) is 0 Å². The molecule has 0 fully saturated rings. The van der Waals surface area contributed by atoms with Crippen LogP contribution in [0, 0.1) is 0 Å². The number of carbonyl (C=O) groups excluding carboxylic acids is 3. The van der Waals surface area contributed by atoms with Gasteiger partial charge in [-0.15, -0.1) is 0 Å². The van der Waals surface area contributed by atoms with E-state index in [2.05, 4.69) is 15.0 Å². The molecule has 1 N–H and O–H groups in total. The van der Waals surface area contributed by atoms with E-state index in [1.807, 2.05) is 0 Å². The number of amides is 1. The summed E-state index contributed by atoms with van der Waals surface area (Å²) in [5.41, 5.74) is 2.32. The van der Waals surface area contributed by atoms with Crippen molar-refractivity contribution in [2.45, 2.75) is 6.92 Å². The number of benzene rings is 2. The number of hydrogen-bond donors (Lipinski definition) is 1. The van der Waals surface area contributed by atoms with Crippen molar-refractivity contribution in [2.24, 2.45) is 0 Å². The minimum atomic E-state index is -0.416. The Balaban J connectivity index is 1.67. The van der Waals surface area contributed by atoms with E-state index in [0.717, 1.165) is 10.3 Å². The van der Waals surface area contributed by atoms with Gasteiger partial charge in [0.15, 0.2) is 5.13 Å². The monoisotopic (exact) mass is 410 g/mol. The molecular weight excluding hydrogens is 392 g/mol. The molecule has 0 atom stereocenters. The summed E-state index contributed by atoms with van der Waals surface area (Å²) in [6, 6.07) is 11.7. The van der Waals surface area contributed by atoms with Crippen molar-refractivity contribution in [1.82, 2.24) is 4.98 Å². The van der Waals surface area contributed by atoms with E-state index >= 15 is 0 Å². The summed E-state index contributed by atoms with van der Waals surface area (Å²) in [4.78, 5) is 39.8. The molecule has 0 unspecified atom stereocenters. The summed E-state index contributed by atoms with van der Waals surface area (Å²) in [6.07, 6.45) is 3.01. The molecule has 0 spiro atoms. The van der Waals surface area contributed by atoms with Crippen LogP contribution in [0.2, 0.25) is 0 Å². The number of fused-ring (bicyclic) bond motifs is 1. The van der Waals surface area contributed by atoms with Crippen LogP contribution in [0.15, 0.2) is 48.5 Å². The van der Waals surface area contributed by atoms with Crippen molar-refractivity contribution in [2.75, 3.05) is 19.0 Å². The molecule has 0 radical (unpaired) electrons. The number of rotatable bonds is 6. The van der Waals surface area contributed by atoms with E-state index in [1.54, 1.807) is 55.5 Å². The third kappa shape index (κ3) is 5.05. The highest BCUT2D eigenvalue weighted by molar-refractivity contribution is 7.22. The fourth-order valence-electron chi connectivity index (χ4n) is 2.49. The summed E-state index contributed by atoms with van der Waals surface area (Å²) in [6.45, 7) is 2.05. The summed E-state index contributed by atoms with van der Waals surface area (Å²) in [7, 11) is 1.32. The molecular formula is C21H18N2O5S. The van der Waals surface area contributed by atoms with Gasteiger partial charge in [-0.25, -0.2) is 14.6 Å². The van der Waals surface area contributed by atoms with Crippen LogP contribution in [0.25, 0.3) is 16.3 Å². The van der Waals surface area contributed by atoms with E-state index < -0.39 is 11.9 Å². The molecule has 0 aliphatic carbocycles. The molecule has 2 aromatic carbocycles. The van der Waals surface area contributed by atoms with Gasteiger partial charge >= 0.3 is 11.9 Å². The van der Waals surface area contributed by atoms with Crippen LogP contribution >= 0.6 is 11.3 Å². The van der Waals surface area contributed by atoms with Crippen molar-refractivity contribution in [3.8, 4) is 0 Å². The summed E-state index contributed by atoms with van der Waals surface area (Å²) < 4.78 is 10.4. The van der Waals surface area contributed by atoms with Crippen molar-refractivity contribution in [1.29, 1.82) is 0 Å². The molecule has 148 valence electrons. The molecule has 8 heteroatoms. The predicted octanol–water partition coefficient (Wildman–Crippen LogP) is 3.91. The van der Waals surface area contributed by atoms with Crippen LogP contribution in [0.3, 0.4) is 0 Å². The van der Waals surface area contributed by atoms with Crippen molar-refractivity contribution < 1.29 is 23.9 Å². The zero-order valence-electron chi connectivity index (χ0n) is 15.8. The summed E-state index contributed by atoms with van der Waals surface area (Å²) >= 11 is 1.27. The van der Waals surface area contributed by atoms with Gasteiger partial charge in [-0.1, -0.05) is 23.5 Å². The molecule has 3 rings (SSSR count). The molecule has 0 bridgehead atoms. The number of esters is 2. The Morgan fingerprint density at radius 2 is 1.79 bits per heavy atom. The number of hydrogen-bond acceptors (Lipinski definition) is 7. The second-order valence-electron chi connectivity index (χ2n) is 5.86. The van der Waals surface area contributed by atoms with Gasteiger partial charge in [-0.2, -0.15) is 0 Å². The molecule has 1 heterocycles. The molecule has 1 amide bonds. The molecule has 0 saturated carbocycles. The van der Waals surface area contributed by atoms with Gasteiger partial charge in [0.2, 0.25) is 5.91 Å². The lowest BCUT2D eigenvalue weighted by Crippen LogP contribution is -2.07. The quantitative estimate of drug-likeness (QED) is 0.489. The second-order valence-corrected chi connectivity index (χ2v) is 6.89. The first-order valence-electron chi connectivity index (χ1n) is 8.75. The third-order valence-corrected chi connectivity index (χ3v) is 4.82. The number of thiazole rings is 1. The Morgan fingerprint density at radius 1 is 1.07 bits per heavy atom. The number of anilines is 1. The Kier molecular flexibility index (Phi) is 6.36. The third-order valence-electron chi connectivity index (χ3n) is 3.89. The SMILES string of the molecule is CCOC(=O)c1ccc2nc(NC(=O)/C=C/c3ccc(C(=O)OC)cc3)sc2c1. The lowest BCUT2D eigenvalue weighted by atomic mass is 10.1. The lowest BCUT2D eigenvalue weighted by molar-refractivity contribution is -0.111. The highest BCUT2D eigenvalue weighted by Crippen LogP contribution is 2.27. The van der Waals surface area contributed by atoms with Gasteiger partial charge in [0.25, 0.3) is 0 Å². The van der Waals surface area contributed by atoms with Gasteiger partial charge in [0.05, 0.1) is 35.1 Å². The highest BCUT2D eigenvalue weighted by Gasteiger charge is 2.11. The Labute approximate surface area is 171 Å². The van der Waals surface area contributed by atoms with E-state index in [0.29, 0.717) is 28.4 Å². The average Bonchev–Trinajstić information content (AvgIpc) is 3.13. The first-order valence-corrected chi connectivity index (χ1v) is 9.57. The fourth-order valence-corrected chi connectivity index (χ4v) is 3.39. The van der Waals surface area contributed by atoms with Gasteiger partial charge < -0.3 is 9.47 Å². The van der Waals surface area contributed by atoms with E-state index in [1.165, 1.54) is 24.5 Å². The predicted molar refractivity (Wildman–Crippen MR) is 111 cm³/mol. The molecule has 0 aliphatic rings. The zero-order chi connectivity index (χ0) is 20.8. The maximum absolute atomic E-state index is 12.2. The Morgan fingerprint density at radius 3 is 2.48 bits per heavy atom. The summed E-state index contributed by atoms with van der Waals surface area (Å²) in [5, 5.41) is 3.13. The van der Waals surface area contributed by atoms with Gasteiger partial charge in [-0.3, -0.25) is 10.1 Å². The Bertz CT molecular complexity index is 1090. The van der Waals surface area contributed by atoms with Crippen LogP contribution < -0.4 is 5.32 Å². The van der Waals surface area contributed by atoms with Gasteiger partial charge in [-0.05, 0) is 48.9 Å². The molecule has 29 heavy (non-hydrogen) atoms. The zero-order valence-corrected chi connectivity index (χ0v) is 16.6. The van der Waals surface area contributed by atoms with Crippen LogP contribution in [0.1, 0.15) is 33.2 Å². The highest BCUT2D eigenvalue weighted by atomic mass is 32.1. The molecule has 1 aromatic heterocycles. The minimum absolute atomic E-state index is 0.304. The fraction of sp³-hybridized carbons (Fsp3) is 0.143. The second kappa shape index (κ2) is 9.11. The average molecular weight is 410 g/mol. The number of methoxy groups -OCH3 is 1. The molecule has 3 aromatic rings. The standard InChI is InChI=1S/C21H18N2O5S/c1-3-28-20(26)15-9-10-16-17(12-15)29-21(22-16)23-18(24)11-6-13-4-7-14(8-5-13)19(25)27-2/h4-12H,3H2,1-2H3,(H,22,23,24)/b11-6+. The lowest BCUT2D eigenvalue weighted by Gasteiger charge is -2.00. The Hall–Kier alpha value is -3.52. The van der Waals surface area contributed by atoms with E-state index in [9.17, 15) is 14.4 Å². The van der Waals surface area contributed by atoms with E-state index in [4.69, 9.17) is 4.74 Å². The number of ether oxygens (including phenoxy) is 2. The minimum Gasteiger partial charge on any atom is -0.465 e. The number of nitrogens with one attached hydrogen (secondary N) is 1. The number of carbonyl (C=O) groups is 3. The van der Waals surface area contributed by atoms with Gasteiger partial charge in [0, 0.05) is 6.08 Å². The van der Waals surface area contributed by atoms with Crippen LogP contribution in [-0.4, -0.2) is 36.5 Å². The van der Waals surface area contributed by atoms with Crippen molar-refractivity contribution in [3.63, 3.8) is 0 Å². The summed E-state index contributed by atoms with van der Waals surface area (Å²) in [5.74, 6) is -1.15. The number of aromatic nitrogens is 1. The molecule has 7 nitrogen and oxygen atoms in total.